The van der Waals surface area contributed by atoms with Gasteiger partial charge in [-0.3, -0.25) is 9.98 Å². The molecule has 1 aromatic carbocycles. The minimum absolute atomic E-state index is 0.894. The summed E-state index contributed by atoms with van der Waals surface area (Å²) in [5.74, 6) is 0. The molecular weight excluding hydrogens is 184 g/mol. The molecule has 0 bridgehead atoms. The largest absolute Gasteiger partial charge is 0.259 e. The van der Waals surface area contributed by atoms with E-state index in [2.05, 4.69) is 16.6 Å². The van der Waals surface area contributed by atoms with Crippen LogP contribution in [0.15, 0.2) is 42.0 Å². The zero-order valence-corrected chi connectivity index (χ0v) is 8.64. The van der Waals surface area contributed by atoms with Gasteiger partial charge in [-0.2, -0.15) is 0 Å². The van der Waals surface area contributed by atoms with Gasteiger partial charge in [0.1, 0.15) is 0 Å². The van der Waals surface area contributed by atoms with Crippen LogP contribution in [0.4, 0.5) is 5.69 Å². The Labute approximate surface area is 89.0 Å². The van der Waals surface area contributed by atoms with Gasteiger partial charge >= 0.3 is 0 Å². The van der Waals surface area contributed by atoms with Crippen molar-refractivity contribution < 1.29 is 0 Å². The van der Waals surface area contributed by atoms with Crippen molar-refractivity contribution in [1.29, 1.82) is 0 Å². The predicted octanol–water partition coefficient (Wildman–Crippen LogP) is 3.60. The average Bonchev–Trinajstić information content (AvgIpc) is 2.30. The Kier molecular flexibility index (Phi) is 2.59. The molecule has 0 spiro atoms. The van der Waals surface area contributed by atoms with Crippen molar-refractivity contribution in [2.75, 3.05) is 0 Å². The molecule has 2 rings (SSSR count). The monoisotopic (exact) mass is 196 g/mol. The normalized spacial score (nSPS) is 11.0. The Morgan fingerprint density at radius 1 is 1.33 bits per heavy atom. The van der Waals surface area contributed by atoms with Crippen LogP contribution in [-0.2, 0) is 0 Å². The molecule has 0 aliphatic carbocycles. The Bertz CT molecular complexity index is 527. The zero-order chi connectivity index (χ0) is 10.7. The number of fused-ring (bicyclic) bond motifs is 1. The van der Waals surface area contributed by atoms with Crippen molar-refractivity contribution in [3.63, 3.8) is 0 Å². The Hall–Kier alpha value is -1.96. The zero-order valence-electron chi connectivity index (χ0n) is 8.64. The Morgan fingerprint density at radius 2 is 2.20 bits per heavy atom. The first-order valence-electron chi connectivity index (χ1n) is 4.85. The van der Waals surface area contributed by atoms with E-state index in [1.54, 1.807) is 18.5 Å². The van der Waals surface area contributed by atoms with Crippen LogP contribution in [0.2, 0.25) is 0 Å². The number of benzene rings is 1. The summed E-state index contributed by atoms with van der Waals surface area (Å²) in [6.45, 7) is 5.68. The van der Waals surface area contributed by atoms with Gasteiger partial charge in [-0.25, -0.2) is 0 Å². The van der Waals surface area contributed by atoms with Gasteiger partial charge in [-0.05, 0) is 13.0 Å². The van der Waals surface area contributed by atoms with E-state index in [1.165, 1.54) is 0 Å². The van der Waals surface area contributed by atoms with Crippen LogP contribution < -0.4 is 0 Å². The molecule has 0 radical (unpaired) electrons. The minimum atomic E-state index is 0.894. The van der Waals surface area contributed by atoms with Crippen LogP contribution >= 0.6 is 0 Å². The standard InChI is InChI=1S/C13H12N2/c1-3-10-7-8-11-6-5-9-15-13(11)12(10)14-4-2/h3-9H,1H2,2H3. The Balaban J connectivity index is 2.84. The molecule has 0 N–H and O–H groups in total. The molecule has 2 nitrogen and oxygen atoms in total. The lowest BCUT2D eigenvalue weighted by Crippen LogP contribution is -1.82. The third kappa shape index (κ3) is 1.66. The number of aromatic nitrogens is 1. The highest BCUT2D eigenvalue weighted by Crippen LogP contribution is 2.28. The topological polar surface area (TPSA) is 25.2 Å². The lowest BCUT2D eigenvalue weighted by molar-refractivity contribution is 1.39. The van der Waals surface area contributed by atoms with Crippen LogP contribution in [0.1, 0.15) is 12.5 Å². The number of aliphatic imine (C=N–C) groups is 1. The summed E-state index contributed by atoms with van der Waals surface area (Å²) in [4.78, 5) is 8.69. The van der Waals surface area contributed by atoms with E-state index in [1.807, 2.05) is 31.2 Å². The molecule has 0 fully saturated rings. The highest BCUT2D eigenvalue weighted by atomic mass is 14.8. The van der Waals surface area contributed by atoms with Crippen molar-refractivity contribution >= 4 is 28.9 Å². The number of hydrogen-bond acceptors (Lipinski definition) is 2. The predicted molar refractivity (Wildman–Crippen MR) is 65.7 cm³/mol. The van der Waals surface area contributed by atoms with Crippen molar-refractivity contribution in [1.82, 2.24) is 4.98 Å². The smallest absolute Gasteiger partial charge is 0.0964 e. The second kappa shape index (κ2) is 4.05. The molecule has 0 atom stereocenters. The molecule has 0 aliphatic heterocycles. The van der Waals surface area contributed by atoms with Gasteiger partial charge in [-0.1, -0.05) is 30.9 Å². The summed E-state index contributed by atoms with van der Waals surface area (Å²) < 4.78 is 0. The molecule has 0 aliphatic rings. The SMILES string of the molecule is C=Cc1ccc2cccnc2c1N=CC. The van der Waals surface area contributed by atoms with E-state index >= 15 is 0 Å². The first kappa shape index (κ1) is 9.59. The van der Waals surface area contributed by atoms with Gasteiger partial charge in [0.05, 0.1) is 11.2 Å². The summed E-state index contributed by atoms with van der Waals surface area (Å²) in [6, 6.07) is 8.01. The van der Waals surface area contributed by atoms with Crippen LogP contribution in [0.3, 0.4) is 0 Å². The molecule has 2 aromatic rings. The second-order valence-corrected chi connectivity index (χ2v) is 3.17. The van der Waals surface area contributed by atoms with E-state index in [-0.39, 0.29) is 0 Å². The summed E-state index contributed by atoms with van der Waals surface area (Å²) >= 11 is 0. The second-order valence-electron chi connectivity index (χ2n) is 3.17. The lowest BCUT2D eigenvalue weighted by atomic mass is 10.1. The number of hydrogen-bond donors (Lipinski definition) is 0. The minimum Gasteiger partial charge on any atom is -0.259 e. The highest BCUT2D eigenvalue weighted by Gasteiger charge is 2.03. The van der Waals surface area contributed by atoms with Crippen molar-refractivity contribution in [3.8, 4) is 0 Å². The molecular formula is C13H12N2. The van der Waals surface area contributed by atoms with E-state index in [4.69, 9.17) is 0 Å². The van der Waals surface area contributed by atoms with Gasteiger partial charge in [0, 0.05) is 23.4 Å². The maximum absolute atomic E-state index is 4.35. The number of pyridine rings is 1. The fourth-order valence-electron chi connectivity index (χ4n) is 1.57. The van der Waals surface area contributed by atoms with Crippen molar-refractivity contribution in [2.45, 2.75) is 6.92 Å². The maximum atomic E-state index is 4.35. The van der Waals surface area contributed by atoms with Gasteiger partial charge in [0.2, 0.25) is 0 Å². The van der Waals surface area contributed by atoms with Gasteiger partial charge in [-0.15, -0.1) is 0 Å². The summed E-state index contributed by atoms with van der Waals surface area (Å²) in [6.07, 6.45) is 5.36. The third-order valence-electron chi connectivity index (χ3n) is 2.26. The highest BCUT2D eigenvalue weighted by molar-refractivity contribution is 5.94. The molecule has 0 unspecified atom stereocenters. The molecule has 15 heavy (non-hydrogen) atoms. The van der Waals surface area contributed by atoms with Crippen LogP contribution in [0.25, 0.3) is 17.0 Å². The molecule has 0 saturated heterocycles. The lowest BCUT2D eigenvalue weighted by Gasteiger charge is -2.04. The maximum Gasteiger partial charge on any atom is 0.0964 e. The first-order valence-corrected chi connectivity index (χ1v) is 4.85. The summed E-state index contributed by atoms with van der Waals surface area (Å²) in [7, 11) is 0. The molecule has 0 saturated carbocycles. The van der Waals surface area contributed by atoms with Gasteiger partial charge < -0.3 is 0 Å². The first-order chi connectivity index (χ1) is 7.36. The molecule has 1 heterocycles. The molecule has 0 amide bonds. The van der Waals surface area contributed by atoms with Gasteiger partial charge in [0.15, 0.2) is 0 Å². The fraction of sp³-hybridized carbons (Fsp3) is 0.0769. The van der Waals surface area contributed by atoms with Crippen molar-refractivity contribution in [3.05, 3.63) is 42.6 Å². The van der Waals surface area contributed by atoms with Crippen LogP contribution in [0.5, 0.6) is 0 Å². The van der Waals surface area contributed by atoms with Crippen LogP contribution in [-0.4, -0.2) is 11.2 Å². The molecule has 74 valence electrons. The number of nitrogens with zero attached hydrogens (tertiary/aromatic N) is 2. The number of rotatable bonds is 2. The van der Waals surface area contributed by atoms with E-state index in [0.717, 1.165) is 22.2 Å². The van der Waals surface area contributed by atoms with Crippen molar-refractivity contribution in [2.24, 2.45) is 4.99 Å². The van der Waals surface area contributed by atoms with E-state index in [0.29, 0.717) is 0 Å². The third-order valence-corrected chi connectivity index (χ3v) is 2.26. The van der Waals surface area contributed by atoms with Crippen LogP contribution in [0, 0.1) is 0 Å². The summed E-state index contributed by atoms with van der Waals surface area (Å²) in [5.41, 5.74) is 2.83. The molecule has 1 aromatic heterocycles. The van der Waals surface area contributed by atoms with E-state index < -0.39 is 0 Å². The fourth-order valence-corrected chi connectivity index (χ4v) is 1.57. The average molecular weight is 196 g/mol. The van der Waals surface area contributed by atoms with E-state index in [9.17, 15) is 0 Å². The Morgan fingerprint density at radius 3 is 2.93 bits per heavy atom. The summed E-state index contributed by atoms with van der Waals surface area (Å²) in [5, 5.41) is 1.10. The quantitative estimate of drug-likeness (QED) is 0.674. The molecule has 2 heteroatoms. The van der Waals surface area contributed by atoms with Gasteiger partial charge in [0.25, 0.3) is 0 Å².